The molecule has 1 amide bonds. The van der Waals surface area contributed by atoms with Crippen molar-refractivity contribution in [2.45, 2.75) is 18.2 Å². The number of hydrogen-bond donors (Lipinski definition) is 1. The SMILES string of the molecule is CCOc1ccc(NS(=O)(=O)c2ccc(OCC(=O)N3CCc4cc(Br)ccc43)cc2)cc1. The van der Waals surface area contributed by atoms with E-state index in [0.29, 0.717) is 30.3 Å². The summed E-state index contributed by atoms with van der Waals surface area (Å²) < 4.78 is 39.8. The molecule has 0 aromatic heterocycles. The third-order valence-electron chi connectivity index (χ3n) is 5.15. The number of fused-ring (bicyclic) bond motifs is 1. The third-order valence-corrected chi connectivity index (χ3v) is 7.04. The van der Waals surface area contributed by atoms with Gasteiger partial charge in [-0.1, -0.05) is 15.9 Å². The molecule has 3 aromatic carbocycles. The monoisotopic (exact) mass is 530 g/mol. The van der Waals surface area contributed by atoms with Crippen molar-refractivity contribution in [2.24, 2.45) is 0 Å². The van der Waals surface area contributed by atoms with Crippen LogP contribution in [0.3, 0.4) is 0 Å². The van der Waals surface area contributed by atoms with Gasteiger partial charge in [-0.05, 0) is 85.6 Å². The normalized spacial score (nSPS) is 12.8. The maximum atomic E-state index is 12.7. The molecule has 0 bridgehead atoms. The lowest BCUT2D eigenvalue weighted by molar-refractivity contribution is -0.120. The number of anilines is 2. The summed E-state index contributed by atoms with van der Waals surface area (Å²) in [5.41, 5.74) is 2.45. The quantitative estimate of drug-likeness (QED) is 0.459. The highest BCUT2D eigenvalue weighted by molar-refractivity contribution is 9.10. The van der Waals surface area contributed by atoms with Crippen molar-refractivity contribution < 1.29 is 22.7 Å². The number of nitrogens with one attached hydrogen (secondary N) is 1. The molecule has 0 saturated heterocycles. The summed E-state index contributed by atoms with van der Waals surface area (Å²) >= 11 is 3.45. The summed E-state index contributed by atoms with van der Waals surface area (Å²) in [7, 11) is -3.76. The number of carbonyl (C=O) groups is 1. The van der Waals surface area contributed by atoms with E-state index in [4.69, 9.17) is 9.47 Å². The molecule has 1 N–H and O–H groups in total. The van der Waals surface area contributed by atoms with Crippen molar-refractivity contribution in [1.82, 2.24) is 0 Å². The maximum absolute atomic E-state index is 12.7. The van der Waals surface area contributed by atoms with Crippen LogP contribution in [-0.2, 0) is 21.2 Å². The minimum Gasteiger partial charge on any atom is -0.494 e. The van der Waals surface area contributed by atoms with Crippen LogP contribution >= 0.6 is 15.9 Å². The van der Waals surface area contributed by atoms with Crippen LogP contribution in [0.2, 0.25) is 0 Å². The van der Waals surface area contributed by atoms with Crippen molar-refractivity contribution in [1.29, 1.82) is 0 Å². The Hall–Kier alpha value is -3.04. The van der Waals surface area contributed by atoms with Crippen LogP contribution in [0.1, 0.15) is 12.5 Å². The second kappa shape index (κ2) is 9.84. The summed E-state index contributed by atoms with van der Waals surface area (Å²) in [6, 6.07) is 18.5. The average Bonchev–Trinajstić information content (AvgIpc) is 3.22. The average molecular weight is 531 g/mol. The first-order valence-electron chi connectivity index (χ1n) is 10.4. The number of benzene rings is 3. The first kappa shape index (κ1) is 23.1. The summed E-state index contributed by atoms with van der Waals surface area (Å²) in [5, 5.41) is 0. The van der Waals surface area contributed by atoms with Gasteiger partial charge in [-0.25, -0.2) is 8.42 Å². The van der Waals surface area contributed by atoms with E-state index in [2.05, 4.69) is 20.7 Å². The second-order valence-corrected chi connectivity index (χ2v) is 9.99. The van der Waals surface area contributed by atoms with Gasteiger partial charge < -0.3 is 14.4 Å². The van der Waals surface area contributed by atoms with E-state index < -0.39 is 10.0 Å². The molecule has 1 heterocycles. The number of hydrogen-bond acceptors (Lipinski definition) is 5. The molecule has 9 heteroatoms. The molecule has 1 aliphatic heterocycles. The summed E-state index contributed by atoms with van der Waals surface area (Å²) in [6.45, 7) is 2.90. The molecule has 0 atom stereocenters. The summed E-state index contributed by atoms with van der Waals surface area (Å²) in [5.74, 6) is 0.935. The highest BCUT2D eigenvalue weighted by atomic mass is 79.9. The molecule has 172 valence electrons. The zero-order valence-electron chi connectivity index (χ0n) is 18.0. The van der Waals surface area contributed by atoms with E-state index >= 15 is 0 Å². The number of nitrogens with zero attached hydrogens (tertiary/aromatic N) is 1. The first-order valence-corrected chi connectivity index (χ1v) is 12.7. The number of halogens is 1. The van der Waals surface area contributed by atoms with E-state index in [1.165, 1.54) is 24.3 Å². The lowest BCUT2D eigenvalue weighted by Gasteiger charge is -2.17. The molecule has 4 rings (SSSR count). The van der Waals surface area contributed by atoms with Crippen LogP contribution < -0.4 is 19.1 Å². The zero-order valence-corrected chi connectivity index (χ0v) is 20.4. The second-order valence-electron chi connectivity index (χ2n) is 7.39. The fraction of sp³-hybridized carbons (Fsp3) is 0.208. The molecule has 7 nitrogen and oxygen atoms in total. The Bertz CT molecular complexity index is 1240. The molecule has 0 spiro atoms. The lowest BCUT2D eigenvalue weighted by Crippen LogP contribution is -2.33. The molecule has 0 radical (unpaired) electrons. The molecular weight excluding hydrogens is 508 g/mol. The summed E-state index contributed by atoms with van der Waals surface area (Å²) in [4.78, 5) is 14.4. The molecule has 0 fully saturated rings. The number of sulfonamides is 1. The van der Waals surface area contributed by atoms with E-state index in [-0.39, 0.29) is 17.4 Å². The van der Waals surface area contributed by atoms with Gasteiger partial charge in [-0.3, -0.25) is 9.52 Å². The number of amides is 1. The fourth-order valence-corrected chi connectivity index (χ4v) is 5.03. The Morgan fingerprint density at radius 3 is 2.36 bits per heavy atom. The molecule has 0 unspecified atom stereocenters. The van der Waals surface area contributed by atoms with Crippen molar-refractivity contribution in [2.75, 3.05) is 29.4 Å². The van der Waals surface area contributed by atoms with Gasteiger partial charge in [0, 0.05) is 22.4 Å². The largest absolute Gasteiger partial charge is 0.494 e. The Morgan fingerprint density at radius 1 is 1.00 bits per heavy atom. The molecule has 33 heavy (non-hydrogen) atoms. The van der Waals surface area contributed by atoms with E-state index in [1.54, 1.807) is 29.2 Å². The molecular formula is C24H23BrN2O5S. The number of ether oxygens (including phenoxy) is 2. The van der Waals surface area contributed by atoms with Crippen molar-refractivity contribution in [3.05, 3.63) is 76.8 Å². The Kier molecular flexibility index (Phi) is 6.90. The van der Waals surface area contributed by atoms with Crippen LogP contribution in [0, 0.1) is 0 Å². The highest BCUT2D eigenvalue weighted by Gasteiger charge is 2.25. The number of carbonyl (C=O) groups excluding carboxylic acids is 1. The smallest absolute Gasteiger partial charge is 0.264 e. The minimum atomic E-state index is -3.76. The van der Waals surface area contributed by atoms with Crippen molar-refractivity contribution in [3.63, 3.8) is 0 Å². The fourth-order valence-electron chi connectivity index (χ4n) is 3.57. The van der Waals surface area contributed by atoms with Crippen molar-refractivity contribution >= 4 is 43.2 Å². The van der Waals surface area contributed by atoms with Crippen LogP contribution in [0.5, 0.6) is 11.5 Å². The predicted octanol–water partition coefficient (Wildman–Crippen LogP) is 4.62. The van der Waals surface area contributed by atoms with Crippen molar-refractivity contribution in [3.8, 4) is 11.5 Å². The molecule has 3 aromatic rings. The van der Waals surface area contributed by atoms with Crippen LogP contribution in [0.15, 0.2) is 76.1 Å². The van der Waals surface area contributed by atoms with Gasteiger partial charge in [-0.15, -0.1) is 0 Å². The van der Waals surface area contributed by atoms with Gasteiger partial charge in [0.05, 0.1) is 11.5 Å². The Labute approximate surface area is 201 Å². The van der Waals surface area contributed by atoms with E-state index in [1.807, 2.05) is 25.1 Å². The third kappa shape index (κ3) is 5.48. The standard InChI is InChI=1S/C24H23BrN2O5S/c1-2-31-20-6-4-19(5-7-20)26-33(29,30)22-10-8-21(9-11-22)32-16-24(28)27-14-13-17-15-18(25)3-12-23(17)27/h3-12,15,26H,2,13-14,16H2,1H3. The lowest BCUT2D eigenvalue weighted by atomic mass is 10.2. The van der Waals surface area contributed by atoms with Gasteiger partial charge >= 0.3 is 0 Å². The van der Waals surface area contributed by atoms with E-state index in [9.17, 15) is 13.2 Å². The summed E-state index contributed by atoms with van der Waals surface area (Å²) in [6.07, 6.45) is 0.800. The molecule has 0 saturated carbocycles. The highest BCUT2D eigenvalue weighted by Crippen LogP contribution is 2.30. The van der Waals surface area contributed by atoms with Gasteiger partial charge in [0.1, 0.15) is 11.5 Å². The number of rotatable bonds is 8. The predicted molar refractivity (Wildman–Crippen MR) is 131 cm³/mol. The zero-order chi connectivity index (χ0) is 23.4. The Balaban J connectivity index is 1.36. The first-order chi connectivity index (χ1) is 15.9. The van der Waals surface area contributed by atoms with Gasteiger partial charge in [-0.2, -0.15) is 0 Å². The topological polar surface area (TPSA) is 84.9 Å². The van der Waals surface area contributed by atoms with Crippen LogP contribution in [0.4, 0.5) is 11.4 Å². The van der Waals surface area contributed by atoms with Crippen LogP contribution in [-0.4, -0.2) is 34.1 Å². The maximum Gasteiger partial charge on any atom is 0.264 e. The van der Waals surface area contributed by atoms with Gasteiger partial charge in [0.2, 0.25) is 0 Å². The Morgan fingerprint density at radius 2 is 1.67 bits per heavy atom. The molecule has 0 aliphatic carbocycles. The van der Waals surface area contributed by atoms with Crippen LogP contribution in [0.25, 0.3) is 0 Å². The molecule has 1 aliphatic rings. The van der Waals surface area contributed by atoms with Gasteiger partial charge in [0.25, 0.3) is 15.9 Å². The van der Waals surface area contributed by atoms with E-state index in [0.717, 1.165) is 22.1 Å². The van der Waals surface area contributed by atoms with Gasteiger partial charge in [0.15, 0.2) is 6.61 Å². The minimum absolute atomic E-state index is 0.0918.